The van der Waals surface area contributed by atoms with Gasteiger partial charge in [-0.05, 0) is 43.2 Å². The first-order chi connectivity index (χ1) is 17.0. The number of aryl methyl sites for hydroxylation is 2. The predicted octanol–water partition coefficient (Wildman–Crippen LogP) is 6.39. The highest BCUT2D eigenvalue weighted by molar-refractivity contribution is 6.34. The second-order valence-corrected chi connectivity index (χ2v) is 9.90. The van der Waals surface area contributed by atoms with Gasteiger partial charge in [0.2, 0.25) is 0 Å². The second-order valence-electron chi connectivity index (χ2n) is 9.52. The maximum absolute atomic E-state index is 13.3. The molecule has 0 saturated carbocycles. The van der Waals surface area contributed by atoms with E-state index in [1.54, 1.807) is 0 Å². The lowest BCUT2D eigenvalue weighted by molar-refractivity contribution is 0.0824. The SMILES string of the molecule is CCCC(NC(=O)c1ccc2c3ccccc3n(C)c2c1)N1CCN(c2cccc(C)c2Cl)CC1.Cl. The molecular weight excluding hydrogens is 491 g/mol. The highest BCUT2D eigenvalue weighted by atomic mass is 35.5. The van der Waals surface area contributed by atoms with E-state index in [1.807, 2.05) is 25.1 Å². The molecule has 5 rings (SSSR count). The summed E-state index contributed by atoms with van der Waals surface area (Å²) in [6, 6.07) is 20.6. The first kappa shape index (κ1) is 26.3. The van der Waals surface area contributed by atoms with Gasteiger partial charge in [-0.2, -0.15) is 0 Å². The minimum Gasteiger partial charge on any atom is -0.368 e. The lowest BCUT2D eigenvalue weighted by Gasteiger charge is -2.40. The number of amides is 1. The number of hydrogen-bond acceptors (Lipinski definition) is 3. The molecule has 1 aliphatic heterocycles. The Hall–Kier alpha value is -2.73. The van der Waals surface area contributed by atoms with Gasteiger partial charge in [0.15, 0.2) is 0 Å². The molecule has 1 fully saturated rings. The molecular formula is C29H34Cl2N4O. The monoisotopic (exact) mass is 524 g/mol. The van der Waals surface area contributed by atoms with Crippen LogP contribution in [0.1, 0.15) is 35.7 Å². The van der Waals surface area contributed by atoms with Crippen LogP contribution >= 0.6 is 24.0 Å². The fourth-order valence-corrected chi connectivity index (χ4v) is 5.55. The normalized spacial score (nSPS) is 15.2. The van der Waals surface area contributed by atoms with Crippen molar-refractivity contribution in [2.45, 2.75) is 32.9 Å². The first-order valence-corrected chi connectivity index (χ1v) is 12.9. The van der Waals surface area contributed by atoms with Gasteiger partial charge in [0.1, 0.15) is 0 Å². The molecule has 0 bridgehead atoms. The largest absolute Gasteiger partial charge is 0.368 e. The van der Waals surface area contributed by atoms with Gasteiger partial charge >= 0.3 is 0 Å². The minimum absolute atomic E-state index is 0. The number of nitrogens with one attached hydrogen (secondary N) is 1. The number of anilines is 1. The number of carbonyl (C=O) groups is 1. The van der Waals surface area contributed by atoms with Crippen molar-refractivity contribution in [2.24, 2.45) is 7.05 Å². The van der Waals surface area contributed by atoms with Crippen molar-refractivity contribution in [2.75, 3.05) is 31.1 Å². The van der Waals surface area contributed by atoms with Gasteiger partial charge in [-0.1, -0.05) is 61.3 Å². The number of piperazine rings is 1. The van der Waals surface area contributed by atoms with E-state index in [2.05, 4.69) is 76.1 Å². The Labute approximate surface area is 224 Å². The zero-order chi connectivity index (χ0) is 24.5. The molecule has 0 spiro atoms. The molecule has 0 aliphatic carbocycles. The third kappa shape index (κ3) is 4.93. The summed E-state index contributed by atoms with van der Waals surface area (Å²) in [5.41, 5.74) is 5.16. The number of aromatic nitrogens is 1. The van der Waals surface area contributed by atoms with Gasteiger partial charge in [-0.15, -0.1) is 12.4 Å². The first-order valence-electron chi connectivity index (χ1n) is 12.5. The third-order valence-corrected chi connectivity index (χ3v) is 7.80. The van der Waals surface area contributed by atoms with Crippen LogP contribution < -0.4 is 10.2 Å². The van der Waals surface area contributed by atoms with Crippen molar-refractivity contribution in [3.8, 4) is 0 Å². The molecule has 7 heteroatoms. The minimum atomic E-state index is -0.0141. The summed E-state index contributed by atoms with van der Waals surface area (Å²) in [7, 11) is 2.06. The van der Waals surface area contributed by atoms with Crippen molar-refractivity contribution >= 4 is 57.4 Å². The summed E-state index contributed by atoms with van der Waals surface area (Å²) in [5.74, 6) is -0.0141. The number of carbonyl (C=O) groups excluding carboxylic acids is 1. The van der Waals surface area contributed by atoms with E-state index in [4.69, 9.17) is 11.6 Å². The molecule has 1 aromatic heterocycles. The lowest BCUT2D eigenvalue weighted by atomic mass is 10.1. The number of para-hydroxylation sites is 1. The molecule has 1 N–H and O–H groups in total. The van der Waals surface area contributed by atoms with Crippen LogP contribution in [0.3, 0.4) is 0 Å². The average molecular weight is 526 g/mol. The zero-order valence-electron chi connectivity index (χ0n) is 21.1. The van der Waals surface area contributed by atoms with E-state index in [-0.39, 0.29) is 24.5 Å². The molecule has 2 heterocycles. The van der Waals surface area contributed by atoms with Gasteiger partial charge in [-0.25, -0.2) is 0 Å². The highest BCUT2D eigenvalue weighted by Gasteiger charge is 2.26. The van der Waals surface area contributed by atoms with E-state index in [0.29, 0.717) is 5.56 Å². The summed E-state index contributed by atoms with van der Waals surface area (Å²) < 4.78 is 2.17. The molecule has 3 aromatic carbocycles. The van der Waals surface area contributed by atoms with Crippen molar-refractivity contribution in [1.29, 1.82) is 0 Å². The Morgan fingerprint density at radius 2 is 1.69 bits per heavy atom. The number of benzene rings is 3. The number of hydrogen-bond donors (Lipinski definition) is 1. The van der Waals surface area contributed by atoms with Gasteiger partial charge < -0.3 is 14.8 Å². The Bertz CT molecular complexity index is 1370. The number of rotatable bonds is 6. The van der Waals surface area contributed by atoms with Crippen molar-refractivity contribution < 1.29 is 4.79 Å². The highest BCUT2D eigenvalue weighted by Crippen LogP contribution is 2.30. The lowest BCUT2D eigenvalue weighted by Crippen LogP contribution is -2.56. The van der Waals surface area contributed by atoms with Gasteiger partial charge in [0.05, 0.1) is 16.9 Å². The van der Waals surface area contributed by atoms with Crippen LogP contribution in [0.2, 0.25) is 5.02 Å². The molecule has 1 unspecified atom stereocenters. The summed E-state index contributed by atoms with van der Waals surface area (Å²) in [4.78, 5) is 18.1. The van der Waals surface area contributed by atoms with E-state index in [9.17, 15) is 4.79 Å². The molecule has 4 aromatic rings. The maximum Gasteiger partial charge on any atom is 0.252 e. The van der Waals surface area contributed by atoms with Crippen LogP contribution in [0.5, 0.6) is 0 Å². The fraction of sp³-hybridized carbons (Fsp3) is 0.345. The molecule has 0 radical (unpaired) electrons. The molecule has 1 atom stereocenters. The van der Waals surface area contributed by atoms with Gasteiger partial charge in [0, 0.05) is 60.6 Å². The topological polar surface area (TPSA) is 40.5 Å². The third-order valence-electron chi connectivity index (χ3n) is 7.30. The Kier molecular flexibility index (Phi) is 8.13. The van der Waals surface area contributed by atoms with E-state index in [0.717, 1.165) is 60.8 Å². The predicted molar refractivity (Wildman–Crippen MR) is 154 cm³/mol. The standard InChI is InChI=1S/C29H33ClN4O.ClH/c1-4-8-27(34-17-15-33(16-18-34)25-12-7-9-20(2)28(25)30)31-29(35)21-13-14-23-22-10-5-6-11-24(22)32(3)26(23)19-21;/h5-7,9-14,19,27H,4,8,15-18H2,1-3H3,(H,31,35);1H. The van der Waals surface area contributed by atoms with Crippen molar-refractivity contribution in [3.05, 3.63) is 76.8 Å². The Morgan fingerprint density at radius 3 is 2.44 bits per heavy atom. The number of halogens is 2. The average Bonchev–Trinajstić information content (AvgIpc) is 3.17. The van der Waals surface area contributed by atoms with Crippen LogP contribution in [0.25, 0.3) is 21.8 Å². The van der Waals surface area contributed by atoms with Crippen LogP contribution in [-0.2, 0) is 7.05 Å². The molecule has 1 amide bonds. The smallest absolute Gasteiger partial charge is 0.252 e. The Balaban J connectivity index is 0.00000304. The van der Waals surface area contributed by atoms with Crippen LogP contribution in [0.4, 0.5) is 5.69 Å². The van der Waals surface area contributed by atoms with E-state index in [1.165, 1.54) is 16.3 Å². The number of nitrogens with zero attached hydrogens (tertiary/aromatic N) is 3. The Morgan fingerprint density at radius 1 is 0.972 bits per heavy atom. The molecule has 190 valence electrons. The zero-order valence-corrected chi connectivity index (χ0v) is 22.7. The molecule has 36 heavy (non-hydrogen) atoms. The molecule has 5 nitrogen and oxygen atoms in total. The molecule has 1 aliphatic rings. The van der Waals surface area contributed by atoms with Crippen LogP contribution in [0, 0.1) is 6.92 Å². The van der Waals surface area contributed by atoms with Crippen molar-refractivity contribution in [3.63, 3.8) is 0 Å². The summed E-state index contributed by atoms with van der Waals surface area (Å²) in [6.07, 6.45) is 1.95. The van der Waals surface area contributed by atoms with Crippen LogP contribution in [0.15, 0.2) is 60.7 Å². The van der Waals surface area contributed by atoms with Crippen molar-refractivity contribution in [1.82, 2.24) is 14.8 Å². The summed E-state index contributed by atoms with van der Waals surface area (Å²) >= 11 is 6.58. The maximum atomic E-state index is 13.3. The van der Waals surface area contributed by atoms with Gasteiger partial charge in [-0.3, -0.25) is 9.69 Å². The molecule has 1 saturated heterocycles. The van der Waals surface area contributed by atoms with Gasteiger partial charge in [0.25, 0.3) is 5.91 Å². The summed E-state index contributed by atoms with van der Waals surface area (Å²) in [5, 5.41) is 6.56. The fourth-order valence-electron chi connectivity index (χ4n) is 5.31. The second kappa shape index (κ2) is 11.1. The van der Waals surface area contributed by atoms with Crippen LogP contribution in [-0.4, -0.2) is 47.7 Å². The van der Waals surface area contributed by atoms with E-state index < -0.39 is 0 Å². The quantitative estimate of drug-likeness (QED) is 0.317. The number of fused-ring (bicyclic) bond motifs is 3. The van der Waals surface area contributed by atoms with E-state index >= 15 is 0 Å². The summed E-state index contributed by atoms with van der Waals surface area (Å²) in [6.45, 7) is 7.77.